The van der Waals surface area contributed by atoms with Crippen molar-refractivity contribution in [3.05, 3.63) is 33.9 Å². The van der Waals surface area contributed by atoms with Gasteiger partial charge in [0.15, 0.2) is 0 Å². The summed E-state index contributed by atoms with van der Waals surface area (Å²) in [5, 5.41) is 11.2. The van der Waals surface area contributed by atoms with Gasteiger partial charge in [-0.3, -0.25) is 14.9 Å². The van der Waals surface area contributed by atoms with Crippen LogP contribution in [-0.2, 0) is 0 Å². The van der Waals surface area contributed by atoms with Crippen LogP contribution in [0.1, 0.15) is 36.0 Å². The number of hydrogen-bond acceptors (Lipinski definition) is 5. The monoisotopic (exact) mass is 346 g/mol. The molecule has 2 fully saturated rings. The first-order valence-electron chi connectivity index (χ1n) is 9.07. The Bertz CT molecular complexity index is 643. The van der Waals surface area contributed by atoms with Crippen LogP contribution in [-0.4, -0.2) is 66.9 Å². The summed E-state index contributed by atoms with van der Waals surface area (Å²) in [7, 11) is 2.06. The lowest BCUT2D eigenvalue weighted by molar-refractivity contribution is -0.384. The average molecular weight is 346 g/mol. The number of carbonyl (C=O) groups excluding carboxylic acids is 1. The number of anilines is 1. The van der Waals surface area contributed by atoms with Gasteiger partial charge in [0.25, 0.3) is 11.6 Å². The molecule has 1 amide bonds. The van der Waals surface area contributed by atoms with Gasteiger partial charge in [0.05, 0.1) is 16.2 Å². The predicted octanol–water partition coefficient (Wildman–Crippen LogP) is 2.36. The van der Waals surface area contributed by atoms with Crippen LogP contribution in [0.2, 0.25) is 0 Å². The van der Waals surface area contributed by atoms with Gasteiger partial charge in [-0.25, -0.2) is 0 Å². The van der Waals surface area contributed by atoms with Gasteiger partial charge < -0.3 is 14.7 Å². The topological polar surface area (TPSA) is 69.9 Å². The molecule has 0 radical (unpaired) electrons. The maximum absolute atomic E-state index is 13.2. The molecule has 0 atom stereocenters. The molecule has 0 N–H and O–H groups in total. The Morgan fingerprint density at radius 1 is 1.00 bits per heavy atom. The molecule has 0 saturated carbocycles. The Morgan fingerprint density at radius 2 is 1.76 bits per heavy atom. The van der Waals surface area contributed by atoms with E-state index in [0.29, 0.717) is 18.7 Å². The molecule has 3 rings (SSSR count). The number of amides is 1. The molecular formula is C18H26N4O3. The Hall–Kier alpha value is -2.15. The first kappa shape index (κ1) is 17.7. The van der Waals surface area contributed by atoms with E-state index in [-0.39, 0.29) is 11.6 Å². The second-order valence-electron chi connectivity index (χ2n) is 6.96. The Kier molecular flexibility index (Phi) is 5.53. The fourth-order valence-corrected chi connectivity index (χ4v) is 3.64. The first-order valence-corrected chi connectivity index (χ1v) is 9.07. The highest BCUT2D eigenvalue weighted by Crippen LogP contribution is 2.29. The molecule has 0 unspecified atom stereocenters. The highest BCUT2D eigenvalue weighted by Gasteiger charge is 2.26. The summed E-state index contributed by atoms with van der Waals surface area (Å²) in [4.78, 5) is 30.2. The number of non-ortho nitro benzene ring substituents is 1. The van der Waals surface area contributed by atoms with E-state index in [0.717, 1.165) is 51.1 Å². The summed E-state index contributed by atoms with van der Waals surface area (Å²) in [5.41, 5.74) is 1.30. The molecule has 1 aromatic carbocycles. The van der Waals surface area contributed by atoms with E-state index in [2.05, 4.69) is 16.8 Å². The van der Waals surface area contributed by atoms with E-state index in [4.69, 9.17) is 0 Å². The lowest BCUT2D eigenvalue weighted by Gasteiger charge is -2.31. The highest BCUT2D eigenvalue weighted by molar-refractivity contribution is 6.00. The van der Waals surface area contributed by atoms with Crippen LogP contribution in [0.25, 0.3) is 0 Å². The molecule has 0 aliphatic carbocycles. The van der Waals surface area contributed by atoms with Crippen LogP contribution in [0.15, 0.2) is 18.2 Å². The first-order chi connectivity index (χ1) is 12.1. The van der Waals surface area contributed by atoms with Gasteiger partial charge in [0, 0.05) is 44.9 Å². The molecule has 0 aromatic heterocycles. The predicted molar refractivity (Wildman–Crippen MR) is 97.2 cm³/mol. The summed E-state index contributed by atoms with van der Waals surface area (Å²) >= 11 is 0. The van der Waals surface area contributed by atoms with E-state index < -0.39 is 4.92 Å². The molecule has 2 aliphatic heterocycles. The van der Waals surface area contributed by atoms with Gasteiger partial charge in [0.2, 0.25) is 0 Å². The number of rotatable bonds is 3. The Labute approximate surface area is 148 Å². The molecule has 25 heavy (non-hydrogen) atoms. The fraction of sp³-hybridized carbons (Fsp3) is 0.611. The zero-order valence-corrected chi connectivity index (χ0v) is 14.8. The van der Waals surface area contributed by atoms with Crippen LogP contribution >= 0.6 is 0 Å². The van der Waals surface area contributed by atoms with E-state index in [1.165, 1.54) is 18.6 Å². The van der Waals surface area contributed by atoms with Crippen LogP contribution in [0.4, 0.5) is 11.4 Å². The lowest BCUT2D eigenvalue weighted by atomic mass is 10.1. The van der Waals surface area contributed by atoms with Crippen molar-refractivity contribution in [1.29, 1.82) is 0 Å². The summed E-state index contributed by atoms with van der Waals surface area (Å²) in [6.45, 7) is 4.97. The second kappa shape index (κ2) is 7.82. The van der Waals surface area contributed by atoms with Gasteiger partial charge in [-0.1, -0.05) is 0 Å². The highest BCUT2D eigenvalue weighted by atomic mass is 16.6. The zero-order chi connectivity index (χ0) is 17.8. The number of piperidine rings is 1. The minimum absolute atomic E-state index is 0.0175. The third-order valence-electron chi connectivity index (χ3n) is 5.12. The van der Waals surface area contributed by atoms with Crippen molar-refractivity contribution in [1.82, 2.24) is 9.80 Å². The summed E-state index contributed by atoms with van der Waals surface area (Å²) in [5.74, 6) is -0.0837. The summed E-state index contributed by atoms with van der Waals surface area (Å²) in [6.07, 6.45) is 4.32. The maximum Gasteiger partial charge on any atom is 0.270 e. The number of carbonyl (C=O) groups is 1. The lowest BCUT2D eigenvalue weighted by Crippen LogP contribution is -2.37. The number of nitro benzene ring substituents is 1. The van der Waals surface area contributed by atoms with Gasteiger partial charge in [0.1, 0.15) is 0 Å². The summed E-state index contributed by atoms with van der Waals surface area (Å²) in [6, 6.07) is 4.72. The molecule has 7 nitrogen and oxygen atoms in total. The third-order valence-corrected chi connectivity index (χ3v) is 5.12. The number of nitro groups is 1. The smallest absolute Gasteiger partial charge is 0.270 e. The van der Waals surface area contributed by atoms with Crippen LogP contribution in [0.3, 0.4) is 0 Å². The van der Waals surface area contributed by atoms with E-state index >= 15 is 0 Å². The Balaban J connectivity index is 1.91. The van der Waals surface area contributed by atoms with E-state index in [9.17, 15) is 14.9 Å². The quantitative estimate of drug-likeness (QED) is 0.621. The van der Waals surface area contributed by atoms with Crippen LogP contribution in [0.5, 0.6) is 0 Å². The minimum Gasteiger partial charge on any atom is -0.371 e. The number of likely N-dealkylation sites (N-methyl/N-ethyl adjacent to an activating group) is 1. The average Bonchev–Trinajstić information content (AvgIpc) is 2.86. The van der Waals surface area contributed by atoms with Crippen molar-refractivity contribution in [2.45, 2.75) is 25.7 Å². The van der Waals surface area contributed by atoms with Crippen molar-refractivity contribution in [2.75, 3.05) is 51.2 Å². The van der Waals surface area contributed by atoms with Gasteiger partial charge in [-0.05, 0) is 45.3 Å². The van der Waals surface area contributed by atoms with Gasteiger partial charge in [-0.2, -0.15) is 0 Å². The van der Waals surface area contributed by atoms with Gasteiger partial charge in [-0.15, -0.1) is 0 Å². The van der Waals surface area contributed by atoms with Crippen LogP contribution < -0.4 is 4.90 Å². The second-order valence-corrected chi connectivity index (χ2v) is 6.96. The normalized spacial score (nSPS) is 19.6. The fourth-order valence-electron chi connectivity index (χ4n) is 3.64. The van der Waals surface area contributed by atoms with Gasteiger partial charge >= 0.3 is 0 Å². The number of hydrogen-bond donors (Lipinski definition) is 0. The largest absolute Gasteiger partial charge is 0.371 e. The molecular weight excluding hydrogens is 320 g/mol. The van der Waals surface area contributed by atoms with Crippen LogP contribution in [0, 0.1) is 10.1 Å². The maximum atomic E-state index is 13.2. The Morgan fingerprint density at radius 3 is 2.48 bits per heavy atom. The molecule has 7 heteroatoms. The molecule has 2 saturated heterocycles. The molecule has 0 bridgehead atoms. The minimum atomic E-state index is -0.424. The number of nitrogens with zero attached hydrogens (tertiary/aromatic N) is 4. The van der Waals surface area contributed by atoms with Crippen molar-refractivity contribution < 1.29 is 9.72 Å². The summed E-state index contributed by atoms with van der Waals surface area (Å²) < 4.78 is 0. The van der Waals surface area contributed by atoms with E-state index in [1.807, 2.05) is 4.90 Å². The number of benzene rings is 1. The third kappa shape index (κ3) is 4.10. The zero-order valence-electron chi connectivity index (χ0n) is 14.8. The molecule has 2 aliphatic rings. The SMILES string of the molecule is CN1CCCN(C(=O)c2cc([N+](=O)[O-])ccc2N2CCCCC2)CC1. The molecule has 1 aromatic rings. The van der Waals surface area contributed by atoms with Crippen molar-refractivity contribution in [3.63, 3.8) is 0 Å². The van der Waals surface area contributed by atoms with Crippen molar-refractivity contribution in [3.8, 4) is 0 Å². The van der Waals surface area contributed by atoms with Crippen molar-refractivity contribution in [2.24, 2.45) is 0 Å². The molecule has 2 heterocycles. The standard InChI is InChI=1S/C18H26N4O3/c1-19-8-5-11-21(13-12-19)18(23)16-14-15(22(24)25)6-7-17(16)20-9-3-2-4-10-20/h6-7,14H,2-5,8-13H2,1H3. The van der Waals surface area contributed by atoms with Crippen molar-refractivity contribution >= 4 is 17.3 Å². The molecule has 0 spiro atoms. The van der Waals surface area contributed by atoms with E-state index in [1.54, 1.807) is 6.07 Å². The molecule has 136 valence electrons.